The Morgan fingerprint density at radius 3 is 2.69 bits per heavy atom. The molecule has 3 rings (SSSR count). The van der Waals surface area contributed by atoms with Crippen LogP contribution >= 0.6 is 0 Å². The van der Waals surface area contributed by atoms with Gasteiger partial charge in [-0.25, -0.2) is 13.8 Å². The summed E-state index contributed by atoms with van der Waals surface area (Å²) >= 11 is 0. The fourth-order valence-electron chi connectivity index (χ4n) is 4.39. The number of nitrogens with one attached hydrogen (secondary N) is 1. The van der Waals surface area contributed by atoms with Gasteiger partial charge in [0.1, 0.15) is 0 Å². The number of amides is 1. The van der Waals surface area contributed by atoms with Gasteiger partial charge in [0.05, 0.1) is 18.1 Å². The average Bonchev–Trinajstić information content (AvgIpc) is 3.31. The molecule has 0 aliphatic heterocycles. The van der Waals surface area contributed by atoms with Gasteiger partial charge < -0.3 is 9.88 Å². The molecule has 1 N–H and O–H groups in total. The van der Waals surface area contributed by atoms with E-state index in [-0.39, 0.29) is 11.1 Å². The highest BCUT2D eigenvalue weighted by atomic mass is 19.2. The second kappa shape index (κ2) is 11.3. The van der Waals surface area contributed by atoms with Gasteiger partial charge in [-0.05, 0) is 67.9 Å². The minimum atomic E-state index is -1.07. The number of halogens is 2. The van der Waals surface area contributed by atoms with Crippen molar-refractivity contribution in [1.82, 2.24) is 9.55 Å². The lowest BCUT2D eigenvalue weighted by molar-refractivity contribution is -0.112. The Morgan fingerprint density at radius 2 is 1.97 bits per heavy atom. The summed E-state index contributed by atoms with van der Waals surface area (Å²) < 4.78 is 29.2. The maximum Gasteiger partial charge on any atom is 0.248 e. The third kappa shape index (κ3) is 6.75. The molecule has 6 heteroatoms. The number of carbonyl (C=O) groups is 1. The number of hydrogen-bond acceptors (Lipinski definition) is 2. The van der Waals surface area contributed by atoms with E-state index in [9.17, 15) is 13.6 Å². The molecule has 1 amide bonds. The molecule has 1 aliphatic carbocycles. The quantitative estimate of drug-likeness (QED) is 0.332. The van der Waals surface area contributed by atoms with Gasteiger partial charge in [-0.1, -0.05) is 55.9 Å². The van der Waals surface area contributed by atoms with E-state index in [1.807, 2.05) is 37.8 Å². The van der Waals surface area contributed by atoms with Gasteiger partial charge >= 0.3 is 0 Å². The molecule has 1 aliphatic rings. The number of anilines is 1. The molecule has 1 atom stereocenters. The van der Waals surface area contributed by atoms with Gasteiger partial charge in [-0.15, -0.1) is 0 Å². The van der Waals surface area contributed by atoms with E-state index in [0.717, 1.165) is 24.5 Å². The number of aromatic nitrogens is 2. The molecule has 0 fully saturated rings. The predicted octanol–water partition coefficient (Wildman–Crippen LogP) is 7.48. The molecule has 184 valence electrons. The zero-order chi connectivity index (χ0) is 25.6. The highest BCUT2D eigenvalue weighted by Gasteiger charge is 2.32. The molecule has 0 radical (unpaired) electrons. The van der Waals surface area contributed by atoms with Crippen molar-refractivity contribution < 1.29 is 13.6 Å². The second-order valence-corrected chi connectivity index (χ2v) is 9.63. The van der Waals surface area contributed by atoms with Crippen molar-refractivity contribution in [1.29, 1.82) is 0 Å². The van der Waals surface area contributed by atoms with Crippen LogP contribution in [0.25, 0.3) is 0 Å². The second-order valence-electron chi connectivity index (χ2n) is 9.63. The fraction of sp³-hybridized carbons (Fsp3) is 0.310. The van der Waals surface area contributed by atoms with Crippen LogP contribution in [0.4, 0.5) is 14.5 Å². The van der Waals surface area contributed by atoms with Crippen molar-refractivity contribution in [2.45, 2.75) is 53.5 Å². The summed E-state index contributed by atoms with van der Waals surface area (Å²) in [4.78, 5) is 16.3. The molecule has 1 aromatic carbocycles. The van der Waals surface area contributed by atoms with Crippen molar-refractivity contribution in [3.63, 3.8) is 0 Å². The summed E-state index contributed by atoms with van der Waals surface area (Å²) in [5.74, 6) is -2.60. The van der Waals surface area contributed by atoms with Gasteiger partial charge in [0.2, 0.25) is 5.91 Å². The monoisotopic (exact) mass is 477 g/mol. The van der Waals surface area contributed by atoms with Crippen molar-refractivity contribution in [3.05, 3.63) is 107 Å². The van der Waals surface area contributed by atoms with E-state index < -0.39 is 17.5 Å². The first-order valence-corrected chi connectivity index (χ1v) is 11.7. The Bertz CT molecular complexity index is 1210. The zero-order valence-corrected chi connectivity index (χ0v) is 21.0. The molecule has 0 saturated heterocycles. The lowest BCUT2D eigenvalue weighted by atomic mass is 9.71. The molecular weight excluding hydrogens is 444 g/mol. The fourth-order valence-corrected chi connectivity index (χ4v) is 4.39. The highest BCUT2D eigenvalue weighted by molar-refractivity contribution is 6.00. The van der Waals surface area contributed by atoms with Crippen LogP contribution in [0, 0.1) is 17.0 Å². The van der Waals surface area contributed by atoms with Crippen LogP contribution in [-0.2, 0) is 4.79 Å². The Morgan fingerprint density at radius 1 is 1.20 bits per heavy atom. The molecular formula is C29H33F2N3O. The normalized spacial score (nSPS) is 19.1. The first-order chi connectivity index (χ1) is 16.6. The van der Waals surface area contributed by atoms with E-state index in [2.05, 4.69) is 47.8 Å². The number of allylic oxidation sites excluding steroid dienone is 9. The van der Waals surface area contributed by atoms with Gasteiger partial charge in [0.15, 0.2) is 11.6 Å². The number of benzene rings is 1. The van der Waals surface area contributed by atoms with E-state index in [0.29, 0.717) is 11.6 Å². The number of rotatable bonds is 7. The van der Waals surface area contributed by atoms with Crippen LogP contribution in [0.1, 0.15) is 53.5 Å². The molecule has 0 spiro atoms. The molecule has 1 unspecified atom stereocenters. The van der Waals surface area contributed by atoms with Gasteiger partial charge in [0, 0.05) is 18.5 Å². The Labute approximate surface area is 206 Å². The minimum Gasteiger partial charge on any atom is -0.330 e. The summed E-state index contributed by atoms with van der Waals surface area (Å²) in [6, 6.07) is 3.99. The van der Waals surface area contributed by atoms with Crippen molar-refractivity contribution >= 4 is 11.6 Å². The molecule has 2 aromatic rings. The first kappa shape index (κ1) is 26.1. The lowest BCUT2D eigenvalue weighted by Crippen LogP contribution is -2.25. The predicted molar refractivity (Wildman–Crippen MR) is 138 cm³/mol. The number of hydrogen-bond donors (Lipinski definition) is 1. The average molecular weight is 478 g/mol. The van der Waals surface area contributed by atoms with Crippen LogP contribution in [-0.4, -0.2) is 15.5 Å². The van der Waals surface area contributed by atoms with Gasteiger partial charge in [0.25, 0.3) is 0 Å². The molecule has 0 bridgehead atoms. The topological polar surface area (TPSA) is 46.9 Å². The van der Waals surface area contributed by atoms with E-state index in [4.69, 9.17) is 0 Å². The summed E-state index contributed by atoms with van der Waals surface area (Å²) in [6.45, 7) is 10.6. The SMILES string of the molecule is CC1=C(/C=C/C(C)=C/C=C/C(C)=C/C(=O)Nc2cccc(F)c2F)C(C)(C)CCC1n1ccnc1. The lowest BCUT2D eigenvalue weighted by Gasteiger charge is -2.37. The van der Waals surface area contributed by atoms with Crippen molar-refractivity contribution in [3.8, 4) is 0 Å². The van der Waals surface area contributed by atoms with E-state index in [1.54, 1.807) is 13.0 Å². The van der Waals surface area contributed by atoms with E-state index in [1.165, 1.54) is 29.4 Å². The van der Waals surface area contributed by atoms with Crippen LogP contribution < -0.4 is 5.32 Å². The Kier molecular flexibility index (Phi) is 8.39. The van der Waals surface area contributed by atoms with Crippen LogP contribution in [0.2, 0.25) is 0 Å². The van der Waals surface area contributed by atoms with Gasteiger partial charge in [-0.3, -0.25) is 4.79 Å². The largest absolute Gasteiger partial charge is 0.330 e. The summed E-state index contributed by atoms with van der Waals surface area (Å²) in [6.07, 6.45) is 19.2. The first-order valence-electron chi connectivity index (χ1n) is 11.7. The molecule has 35 heavy (non-hydrogen) atoms. The third-order valence-electron chi connectivity index (χ3n) is 6.38. The third-order valence-corrected chi connectivity index (χ3v) is 6.38. The molecule has 1 heterocycles. The van der Waals surface area contributed by atoms with Crippen molar-refractivity contribution in [2.75, 3.05) is 5.32 Å². The summed E-state index contributed by atoms with van der Waals surface area (Å²) in [5.41, 5.74) is 4.37. The Balaban J connectivity index is 1.67. The number of carbonyl (C=O) groups excluding carboxylic acids is 1. The smallest absolute Gasteiger partial charge is 0.248 e. The number of nitrogens with zero attached hydrogens (tertiary/aromatic N) is 2. The Hall–Kier alpha value is -3.54. The summed E-state index contributed by atoms with van der Waals surface area (Å²) in [7, 11) is 0. The van der Waals surface area contributed by atoms with E-state index >= 15 is 0 Å². The van der Waals surface area contributed by atoms with Crippen molar-refractivity contribution in [2.24, 2.45) is 5.41 Å². The summed E-state index contributed by atoms with van der Waals surface area (Å²) in [5, 5.41) is 2.36. The standard InChI is InChI=1S/C29H33F2N3O/c1-20(8-6-9-21(2)18-27(35)33-25-11-7-10-24(30)28(25)31)12-13-23-22(3)26(14-15-29(23,4)5)34-17-16-32-19-34/h6-13,16-19,26H,14-15H2,1-5H3,(H,33,35)/b9-6+,13-12+,20-8+,21-18+. The zero-order valence-electron chi connectivity index (χ0n) is 21.0. The highest BCUT2D eigenvalue weighted by Crippen LogP contribution is 2.45. The maximum atomic E-state index is 13.7. The van der Waals surface area contributed by atoms with Crippen LogP contribution in [0.15, 0.2) is 95.7 Å². The maximum absolute atomic E-state index is 13.7. The van der Waals surface area contributed by atoms with Crippen LogP contribution in [0.3, 0.4) is 0 Å². The van der Waals surface area contributed by atoms with Crippen LogP contribution in [0.5, 0.6) is 0 Å². The molecule has 0 saturated carbocycles. The van der Waals surface area contributed by atoms with Gasteiger partial charge in [-0.2, -0.15) is 0 Å². The molecule has 1 aromatic heterocycles. The minimum absolute atomic E-state index is 0.0988. The molecule has 4 nitrogen and oxygen atoms in total. The number of imidazole rings is 1.